The van der Waals surface area contributed by atoms with Crippen LogP contribution in [0.2, 0.25) is 10.0 Å². The highest BCUT2D eigenvalue weighted by Gasteiger charge is 2.40. The van der Waals surface area contributed by atoms with Gasteiger partial charge in [-0.15, -0.1) is 0 Å². The number of amides is 1. The van der Waals surface area contributed by atoms with E-state index >= 15 is 0 Å². The molecule has 3 rings (SSSR count). The Kier molecular flexibility index (Phi) is 7.97. The van der Waals surface area contributed by atoms with Crippen LogP contribution in [0.15, 0.2) is 54.8 Å². The van der Waals surface area contributed by atoms with Gasteiger partial charge in [-0.25, -0.2) is 0 Å². The number of hydrogen-bond donors (Lipinski definition) is 0. The molecule has 1 fully saturated rings. The summed E-state index contributed by atoms with van der Waals surface area (Å²) in [6.45, 7) is 3.61. The maximum atomic E-state index is 13.4. The van der Waals surface area contributed by atoms with Crippen LogP contribution in [0.3, 0.4) is 0 Å². The van der Waals surface area contributed by atoms with Crippen molar-refractivity contribution < 1.29 is 23.8 Å². The molecule has 2 aromatic carbocycles. The number of carbonyl (C=O) groups is 2. The quantitative estimate of drug-likeness (QED) is 0.222. The molecule has 0 N–H and O–H groups in total. The minimum absolute atomic E-state index is 0.128. The standard InChI is InChI=1S/C23H20Cl2N2O5S/c1-4-9-32-21-17(25)10-14(12-19(21)30-2)11-18-22(29)27(16-7-5-15(24)6-8-16)23(33)26(18)13-20(28)31-3/h4-8,10-12H,1,9,13H2,2-3H3/b18-11-. The van der Waals surface area contributed by atoms with E-state index < -0.39 is 11.9 Å². The number of anilines is 1. The number of nitrogens with zero attached hydrogens (tertiary/aromatic N) is 2. The fourth-order valence-corrected chi connectivity index (χ4v) is 3.86. The van der Waals surface area contributed by atoms with E-state index in [0.29, 0.717) is 27.8 Å². The fourth-order valence-electron chi connectivity index (χ4n) is 3.11. The lowest BCUT2D eigenvalue weighted by Gasteiger charge is -2.19. The van der Waals surface area contributed by atoms with E-state index in [2.05, 4.69) is 6.58 Å². The van der Waals surface area contributed by atoms with Crippen molar-refractivity contribution in [3.8, 4) is 11.5 Å². The first-order valence-electron chi connectivity index (χ1n) is 9.62. The monoisotopic (exact) mass is 506 g/mol. The number of benzene rings is 2. The minimum Gasteiger partial charge on any atom is -0.493 e. The van der Waals surface area contributed by atoms with Gasteiger partial charge in [0.25, 0.3) is 5.91 Å². The van der Waals surface area contributed by atoms with Gasteiger partial charge in [-0.2, -0.15) is 0 Å². The van der Waals surface area contributed by atoms with Crippen LogP contribution in [0.1, 0.15) is 5.56 Å². The number of rotatable bonds is 8. The van der Waals surface area contributed by atoms with Crippen molar-refractivity contribution in [3.63, 3.8) is 0 Å². The number of esters is 1. The van der Waals surface area contributed by atoms with Gasteiger partial charge in [0.1, 0.15) is 18.8 Å². The van der Waals surface area contributed by atoms with Gasteiger partial charge in [-0.1, -0.05) is 35.9 Å². The Labute approximate surface area is 206 Å². The first-order chi connectivity index (χ1) is 15.8. The number of thiocarbonyl (C=S) groups is 1. The zero-order chi connectivity index (χ0) is 24.1. The first-order valence-corrected chi connectivity index (χ1v) is 10.8. The largest absolute Gasteiger partial charge is 0.493 e. The van der Waals surface area contributed by atoms with Crippen molar-refractivity contribution in [1.29, 1.82) is 0 Å². The van der Waals surface area contributed by atoms with E-state index in [-0.39, 0.29) is 29.0 Å². The molecule has 1 amide bonds. The molecule has 0 aromatic heterocycles. The van der Waals surface area contributed by atoms with Gasteiger partial charge >= 0.3 is 5.97 Å². The molecule has 0 spiro atoms. The lowest BCUT2D eigenvalue weighted by atomic mass is 10.1. The van der Waals surface area contributed by atoms with E-state index in [1.54, 1.807) is 48.6 Å². The summed E-state index contributed by atoms with van der Waals surface area (Å²) in [4.78, 5) is 28.1. The second-order valence-electron chi connectivity index (χ2n) is 6.73. The SMILES string of the molecule is C=CCOc1c(Cl)cc(/C=C2/C(=O)N(c3ccc(Cl)cc3)C(=S)N2CC(=O)OC)cc1OC. The Morgan fingerprint density at radius 2 is 1.88 bits per heavy atom. The lowest BCUT2D eigenvalue weighted by molar-refractivity contribution is -0.140. The predicted molar refractivity (Wildman–Crippen MR) is 132 cm³/mol. The van der Waals surface area contributed by atoms with Gasteiger partial charge < -0.3 is 19.1 Å². The van der Waals surface area contributed by atoms with Crippen LogP contribution in [-0.2, 0) is 14.3 Å². The summed E-state index contributed by atoms with van der Waals surface area (Å²) in [7, 11) is 2.74. The molecule has 10 heteroatoms. The molecule has 33 heavy (non-hydrogen) atoms. The third-order valence-corrected chi connectivity index (χ3v) is 5.57. The van der Waals surface area contributed by atoms with E-state index in [1.807, 2.05) is 0 Å². The third-order valence-electron chi connectivity index (χ3n) is 4.64. The molecule has 0 saturated carbocycles. The molecule has 7 nitrogen and oxygen atoms in total. The molecule has 1 aliphatic heterocycles. The number of carbonyl (C=O) groups excluding carboxylic acids is 2. The zero-order valence-electron chi connectivity index (χ0n) is 17.8. The molecule has 172 valence electrons. The summed E-state index contributed by atoms with van der Waals surface area (Å²) in [5, 5.41) is 0.923. The van der Waals surface area contributed by atoms with E-state index in [9.17, 15) is 9.59 Å². The maximum absolute atomic E-state index is 13.4. The molecule has 1 saturated heterocycles. The Hall–Kier alpha value is -3.07. The van der Waals surface area contributed by atoms with Crippen LogP contribution in [0.25, 0.3) is 6.08 Å². The topological polar surface area (TPSA) is 68.3 Å². The van der Waals surface area contributed by atoms with E-state index in [0.717, 1.165) is 0 Å². The second kappa shape index (κ2) is 10.7. The molecule has 0 unspecified atom stereocenters. The highest BCUT2D eigenvalue weighted by atomic mass is 35.5. The summed E-state index contributed by atoms with van der Waals surface area (Å²) in [5.41, 5.74) is 1.22. The molecule has 1 aliphatic rings. The van der Waals surface area contributed by atoms with Crippen molar-refractivity contribution >= 4 is 64.2 Å². The number of ether oxygens (including phenoxy) is 3. The van der Waals surface area contributed by atoms with Gasteiger partial charge in [-0.3, -0.25) is 14.5 Å². The Morgan fingerprint density at radius 3 is 2.48 bits per heavy atom. The number of hydrogen-bond acceptors (Lipinski definition) is 6. The van der Waals surface area contributed by atoms with Gasteiger partial charge in [0.15, 0.2) is 16.6 Å². The van der Waals surface area contributed by atoms with E-state index in [4.69, 9.17) is 49.6 Å². The van der Waals surface area contributed by atoms with Crippen molar-refractivity contribution in [3.05, 3.63) is 70.4 Å². The van der Waals surface area contributed by atoms with E-state index in [1.165, 1.54) is 24.0 Å². The maximum Gasteiger partial charge on any atom is 0.325 e. The van der Waals surface area contributed by atoms with Crippen molar-refractivity contribution in [2.75, 3.05) is 32.3 Å². The van der Waals surface area contributed by atoms with Crippen LogP contribution in [0, 0.1) is 0 Å². The molecule has 2 aromatic rings. The van der Waals surface area contributed by atoms with Gasteiger partial charge in [0.2, 0.25) is 0 Å². The molecular weight excluding hydrogens is 487 g/mol. The highest BCUT2D eigenvalue weighted by Crippen LogP contribution is 2.38. The van der Waals surface area contributed by atoms with Crippen molar-refractivity contribution in [2.24, 2.45) is 0 Å². The summed E-state index contributed by atoms with van der Waals surface area (Å²) < 4.78 is 15.7. The van der Waals surface area contributed by atoms with Gasteiger partial charge in [-0.05, 0) is 60.3 Å². The summed E-state index contributed by atoms with van der Waals surface area (Å²) in [6, 6.07) is 9.90. The van der Waals surface area contributed by atoms with Crippen molar-refractivity contribution in [2.45, 2.75) is 0 Å². The highest BCUT2D eigenvalue weighted by molar-refractivity contribution is 7.80. The summed E-state index contributed by atoms with van der Waals surface area (Å²) in [5.74, 6) is -0.256. The number of halogens is 2. The molecule has 0 radical (unpaired) electrons. The Bertz CT molecular complexity index is 1130. The smallest absolute Gasteiger partial charge is 0.325 e. The average molecular weight is 507 g/mol. The number of methoxy groups -OCH3 is 2. The molecule has 0 bridgehead atoms. The fraction of sp³-hybridized carbons (Fsp3) is 0.174. The normalized spacial score (nSPS) is 14.6. The molecule has 1 heterocycles. The zero-order valence-corrected chi connectivity index (χ0v) is 20.2. The molecule has 0 atom stereocenters. The predicted octanol–water partition coefficient (Wildman–Crippen LogP) is 4.71. The van der Waals surface area contributed by atoms with Crippen LogP contribution >= 0.6 is 35.4 Å². The first kappa shape index (κ1) is 24.6. The lowest BCUT2D eigenvalue weighted by Crippen LogP contribution is -2.35. The summed E-state index contributed by atoms with van der Waals surface area (Å²) >= 11 is 17.9. The van der Waals surface area contributed by atoms with Crippen LogP contribution in [-0.4, -0.2) is 49.3 Å². The minimum atomic E-state index is -0.558. The summed E-state index contributed by atoms with van der Waals surface area (Å²) in [6.07, 6.45) is 3.15. The van der Waals surface area contributed by atoms with Crippen LogP contribution < -0.4 is 14.4 Å². The Balaban J connectivity index is 2.07. The molecule has 0 aliphatic carbocycles. The third kappa shape index (κ3) is 5.30. The average Bonchev–Trinajstić information content (AvgIpc) is 3.02. The van der Waals surface area contributed by atoms with Gasteiger partial charge in [0.05, 0.1) is 24.9 Å². The Morgan fingerprint density at radius 1 is 1.18 bits per heavy atom. The van der Waals surface area contributed by atoms with Crippen LogP contribution in [0.5, 0.6) is 11.5 Å². The van der Waals surface area contributed by atoms with Crippen molar-refractivity contribution in [1.82, 2.24) is 4.90 Å². The second-order valence-corrected chi connectivity index (χ2v) is 7.93. The van der Waals surface area contributed by atoms with Gasteiger partial charge in [0, 0.05) is 5.02 Å². The molecular formula is C23H20Cl2N2O5S. The van der Waals surface area contributed by atoms with Crippen LogP contribution in [0.4, 0.5) is 5.69 Å².